The largest absolute Gasteiger partial charge is 0.311 e. The van der Waals surface area contributed by atoms with Crippen LogP contribution in [0.25, 0.3) is 11.1 Å². The van der Waals surface area contributed by atoms with Gasteiger partial charge < -0.3 is 9.80 Å². The zero-order valence-electron chi connectivity index (χ0n) is 26.6. The van der Waals surface area contributed by atoms with Gasteiger partial charge in [-0.3, -0.25) is 0 Å². The third-order valence-corrected chi connectivity index (χ3v) is 9.23. The molecular weight excluding hydrogens is 544 g/mol. The highest BCUT2D eigenvalue weighted by Crippen LogP contribution is 2.51. The molecule has 0 atom stereocenters. The zero-order chi connectivity index (χ0) is 31.0. The topological polar surface area (TPSA) is 6.48 Å². The minimum Gasteiger partial charge on any atom is -0.311 e. The van der Waals surface area contributed by atoms with Crippen LogP contribution in [0.15, 0.2) is 158 Å². The van der Waals surface area contributed by atoms with Crippen LogP contribution < -0.4 is 9.80 Å². The van der Waals surface area contributed by atoms with Crippen LogP contribution in [0.3, 0.4) is 0 Å². The van der Waals surface area contributed by atoms with Crippen LogP contribution in [-0.2, 0) is 10.8 Å². The molecule has 0 N–H and O–H groups in total. The normalized spacial score (nSPS) is 14.5. The van der Waals surface area contributed by atoms with E-state index in [-0.39, 0.29) is 10.8 Å². The fourth-order valence-corrected chi connectivity index (χ4v) is 7.35. The van der Waals surface area contributed by atoms with Crippen molar-refractivity contribution in [3.63, 3.8) is 0 Å². The Morgan fingerprint density at radius 3 is 1.11 bits per heavy atom. The van der Waals surface area contributed by atoms with Crippen molar-refractivity contribution in [2.24, 2.45) is 0 Å². The Morgan fingerprint density at radius 2 is 0.689 bits per heavy atom. The minimum atomic E-state index is 0.143. The number of hydrogen-bond donors (Lipinski definition) is 0. The third kappa shape index (κ3) is 5.53. The van der Waals surface area contributed by atoms with Crippen LogP contribution in [0, 0.1) is 0 Å². The maximum Gasteiger partial charge on any atom is 0.0464 e. The summed E-state index contributed by atoms with van der Waals surface area (Å²) < 4.78 is 0. The highest BCUT2D eigenvalue weighted by Gasteiger charge is 2.42. The highest BCUT2D eigenvalue weighted by molar-refractivity contribution is 5.81. The molecule has 6 aromatic carbocycles. The molecule has 1 aliphatic carbocycles. The number of hydrogen-bond acceptors (Lipinski definition) is 2. The molecule has 0 unspecified atom stereocenters. The predicted octanol–water partition coefficient (Wildman–Crippen LogP) is 12.3. The Bertz CT molecular complexity index is 1850. The molecule has 0 heterocycles. The van der Waals surface area contributed by atoms with Crippen LogP contribution in [-0.4, -0.2) is 0 Å². The lowest BCUT2D eigenvalue weighted by Crippen LogP contribution is -2.18. The first kappa shape index (κ1) is 28.7. The Kier molecular flexibility index (Phi) is 7.30. The monoisotopic (exact) mass is 584 g/mol. The first-order valence-corrected chi connectivity index (χ1v) is 15.9. The molecule has 7 rings (SSSR count). The van der Waals surface area contributed by atoms with Crippen LogP contribution in [0.5, 0.6) is 0 Å². The minimum absolute atomic E-state index is 0.143. The van der Waals surface area contributed by atoms with Crippen LogP contribution in [0.4, 0.5) is 34.1 Å². The van der Waals surface area contributed by atoms with E-state index < -0.39 is 0 Å². The average molecular weight is 585 g/mol. The molecular formula is C43H40N2. The molecule has 2 nitrogen and oxygen atoms in total. The lowest BCUT2D eigenvalue weighted by Gasteiger charge is -2.28. The van der Waals surface area contributed by atoms with Gasteiger partial charge in [0.1, 0.15) is 0 Å². The molecule has 6 aromatic rings. The van der Waals surface area contributed by atoms with E-state index in [0.717, 1.165) is 34.9 Å². The fraction of sp³-hybridized carbons (Fsp3) is 0.163. The lowest BCUT2D eigenvalue weighted by molar-refractivity contribution is 0.403. The number of nitrogens with zero attached hydrogens (tertiary/aromatic N) is 2. The second-order valence-corrected chi connectivity index (χ2v) is 13.4. The summed E-state index contributed by atoms with van der Waals surface area (Å²) in [4.78, 5) is 4.68. The molecule has 0 fully saturated rings. The van der Waals surface area contributed by atoms with E-state index in [1.54, 1.807) is 0 Å². The highest BCUT2D eigenvalue weighted by atomic mass is 15.1. The summed E-state index contributed by atoms with van der Waals surface area (Å²) in [6, 6.07) is 56.7. The molecule has 1 aliphatic rings. The second-order valence-electron chi connectivity index (χ2n) is 13.4. The van der Waals surface area contributed by atoms with Crippen LogP contribution >= 0.6 is 0 Å². The van der Waals surface area contributed by atoms with Gasteiger partial charge in [0.05, 0.1) is 0 Å². The smallest absolute Gasteiger partial charge is 0.0464 e. The first-order chi connectivity index (χ1) is 21.8. The first-order valence-electron chi connectivity index (χ1n) is 15.9. The van der Waals surface area contributed by atoms with Gasteiger partial charge in [-0.05, 0) is 112 Å². The number of benzene rings is 6. The summed E-state index contributed by atoms with van der Waals surface area (Å²) in [5, 5.41) is 0. The van der Waals surface area contributed by atoms with Crippen molar-refractivity contribution in [3.05, 3.63) is 169 Å². The fourth-order valence-electron chi connectivity index (χ4n) is 7.35. The van der Waals surface area contributed by atoms with Crippen molar-refractivity contribution in [2.75, 3.05) is 9.80 Å². The maximum absolute atomic E-state index is 2.43. The molecule has 45 heavy (non-hydrogen) atoms. The van der Waals surface area contributed by atoms with Gasteiger partial charge in [0.25, 0.3) is 0 Å². The number of fused-ring (bicyclic) bond motifs is 1. The third-order valence-electron chi connectivity index (χ3n) is 9.23. The van der Waals surface area contributed by atoms with Gasteiger partial charge in [-0.25, -0.2) is 0 Å². The van der Waals surface area contributed by atoms with Gasteiger partial charge in [-0.1, -0.05) is 113 Å². The molecule has 0 saturated carbocycles. The SMILES string of the molecule is CC1(C)CC(C)(C)c2cc(N(c3ccccc3)c3ccc(-c4ccc(N(c5ccccc5)c5ccccc5)cc4)cc3)ccc21. The summed E-state index contributed by atoms with van der Waals surface area (Å²) in [7, 11) is 0. The molecule has 0 spiro atoms. The quantitative estimate of drug-likeness (QED) is 0.184. The maximum atomic E-state index is 2.43. The van der Waals surface area contributed by atoms with E-state index in [1.165, 1.54) is 27.9 Å². The Hall–Kier alpha value is -5.08. The average Bonchev–Trinajstić information content (AvgIpc) is 3.26. The van der Waals surface area contributed by atoms with Gasteiger partial charge in [-0.2, -0.15) is 0 Å². The Labute approximate surface area is 268 Å². The number of rotatable bonds is 7. The molecule has 0 radical (unpaired) electrons. The van der Waals surface area contributed by atoms with Crippen LogP contribution in [0.2, 0.25) is 0 Å². The second kappa shape index (κ2) is 11.4. The van der Waals surface area contributed by atoms with E-state index in [2.05, 4.69) is 195 Å². The lowest BCUT2D eigenvalue weighted by atomic mass is 9.82. The Morgan fingerprint density at radius 1 is 0.356 bits per heavy atom. The predicted molar refractivity (Wildman–Crippen MR) is 192 cm³/mol. The number of anilines is 6. The van der Waals surface area contributed by atoms with E-state index in [9.17, 15) is 0 Å². The molecule has 0 aliphatic heterocycles. The summed E-state index contributed by atoms with van der Waals surface area (Å²) >= 11 is 0. The molecule has 0 aromatic heterocycles. The summed E-state index contributed by atoms with van der Waals surface area (Å²) in [5.41, 5.74) is 12.6. The van der Waals surface area contributed by atoms with Gasteiger partial charge in [-0.15, -0.1) is 0 Å². The van der Waals surface area contributed by atoms with Crippen molar-refractivity contribution in [1.29, 1.82) is 0 Å². The van der Waals surface area contributed by atoms with E-state index in [4.69, 9.17) is 0 Å². The van der Waals surface area contributed by atoms with Crippen molar-refractivity contribution in [3.8, 4) is 11.1 Å². The van der Waals surface area contributed by atoms with Gasteiger partial charge >= 0.3 is 0 Å². The van der Waals surface area contributed by atoms with Gasteiger partial charge in [0.2, 0.25) is 0 Å². The Balaban J connectivity index is 1.22. The standard InChI is InChI=1S/C43H40N2/c1-42(2)31-43(3,4)41-30-39(28-29-40(41)42)45(36-18-12-7-13-19-36)38-26-22-33(23-27-38)32-20-24-37(25-21-32)44(34-14-8-5-9-15-34)35-16-10-6-11-17-35/h5-30H,31H2,1-4H3. The molecule has 0 saturated heterocycles. The molecule has 222 valence electrons. The van der Waals surface area contributed by atoms with Crippen molar-refractivity contribution in [2.45, 2.75) is 44.9 Å². The van der Waals surface area contributed by atoms with E-state index in [1.807, 2.05) is 0 Å². The zero-order valence-corrected chi connectivity index (χ0v) is 26.6. The molecule has 2 heteroatoms. The van der Waals surface area contributed by atoms with Crippen LogP contribution in [0.1, 0.15) is 45.2 Å². The summed E-state index contributed by atoms with van der Waals surface area (Å²) in [6.45, 7) is 9.52. The molecule has 0 amide bonds. The van der Waals surface area contributed by atoms with E-state index >= 15 is 0 Å². The van der Waals surface area contributed by atoms with Crippen molar-refractivity contribution < 1.29 is 0 Å². The number of para-hydroxylation sites is 3. The van der Waals surface area contributed by atoms with E-state index in [0.29, 0.717) is 0 Å². The van der Waals surface area contributed by atoms with Gasteiger partial charge in [0.15, 0.2) is 0 Å². The van der Waals surface area contributed by atoms with Crippen molar-refractivity contribution >= 4 is 34.1 Å². The molecule has 0 bridgehead atoms. The summed E-state index contributed by atoms with van der Waals surface area (Å²) in [6.07, 6.45) is 1.16. The van der Waals surface area contributed by atoms with Crippen molar-refractivity contribution in [1.82, 2.24) is 0 Å². The van der Waals surface area contributed by atoms with Gasteiger partial charge in [0, 0.05) is 34.1 Å². The summed E-state index contributed by atoms with van der Waals surface area (Å²) in [5.74, 6) is 0.